The normalized spacial score (nSPS) is 11.5. The number of Topliss-reactive ketones (excluding diaryl/α,β-unsaturated/α-hetero) is 1. The van der Waals surface area contributed by atoms with E-state index >= 15 is 0 Å². The van der Waals surface area contributed by atoms with E-state index in [0.717, 1.165) is 21.9 Å². The van der Waals surface area contributed by atoms with Crippen LogP contribution in [0.1, 0.15) is 22.5 Å². The van der Waals surface area contributed by atoms with E-state index < -0.39 is 9.84 Å². The Balaban J connectivity index is 1.78. The third-order valence-electron chi connectivity index (χ3n) is 2.86. The van der Waals surface area contributed by atoms with Gasteiger partial charge in [-0.15, -0.1) is 23.1 Å². The Hall–Kier alpha value is -1.11. The molecule has 0 aliphatic rings. The molecule has 112 valence electrons. The third kappa shape index (κ3) is 4.98. The second kappa shape index (κ2) is 7.24. The Bertz CT molecular complexity index is 686. The Kier molecular flexibility index (Phi) is 5.61. The minimum Gasteiger partial charge on any atom is -0.293 e. The zero-order valence-corrected chi connectivity index (χ0v) is 14.1. The summed E-state index contributed by atoms with van der Waals surface area (Å²) in [7, 11) is -3.13. The summed E-state index contributed by atoms with van der Waals surface area (Å²) in [6.45, 7) is 0. The van der Waals surface area contributed by atoms with E-state index in [4.69, 9.17) is 0 Å². The number of carbonyl (C=O) groups is 1. The summed E-state index contributed by atoms with van der Waals surface area (Å²) in [6, 6.07) is 10.6. The molecule has 0 aliphatic heterocycles. The molecule has 0 aliphatic carbocycles. The Morgan fingerprint density at radius 1 is 1.19 bits per heavy atom. The lowest BCUT2D eigenvalue weighted by Gasteiger charge is -2.03. The molecule has 0 radical (unpaired) electrons. The minimum absolute atomic E-state index is 0.193. The van der Waals surface area contributed by atoms with Gasteiger partial charge in [-0.05, 0) is 47.9 Å². The predicted octanol–water partition coefficient (Wildman–Crippen LogP) is 3.91. The van der Waals surface area contributed by atoms with Crippen molar-refractivity contribution in [1.29, 1.82) is 0 Å². The van der Waals surface area contributed by atoms with Gasteiger partial charge in [0, 0.05) is 17.6 Å². The molecule has 2 rings (SSSR count). The van der Waals surface area contributed by atoms with Crippen LogP contribution in [0, 0.1) is 0 Å². The van der Waals surface area contributed by atoms with Gasteiger partial charge in [-0.3, -0.25) is 4.79 Å². The molecule has 0 saturated carbocycles. The fraction of sp³-hybridized carbons (Fsp3) is 0.267. The smallest absolute Gasteiger partial charge is 0.175 e. The van der Waals surface area contributed by atoms with E-state index in [9.17, 15) is 13.2 Å². The number of hydrogen-bond acceptors (Lipinski definition) is 5. The van der Waals surface area contributed by atoms with Crippen molar-refractivity contribution in [3.8, 4) is 0 Å². The topological polar surface area (TPSA) is 51.2 Å². The summed E-state index contributed by atoms with van der Waals surface area (Å²) < 4.78 is 22.7. The van der Waals surface area contributed by atoms with E-state index in [2.05, 4.69) is 0 Å². The van der Waals surface area contributed by atoms with Crippen molar-refractivity contribution in [2.45, 2.75) is 22.6 Å². The number of benzene rings is 1. The van der Waals surface area contributed by atoms with Crippen LogP contribution >= 0.6 is 23.1 Å². The van der Waals surface area contributed by atoms with Crippen LogP contribution in [0.15, 0.2) is 51.6 Å². The lowest BCUT2D eigenvalue weighted by molar-refractivity contribution is 0.0986. The first kappa shape index (κ1) is 16.3. The van der Waals surface area contributed by atoms with Crippen LogP contribution in [-0.4, -0.2) is 26.2 Å². The third-order valence-corrected chi connectivity index (χ3v) is 6.00. The van der Waals surface area contributed by atoms with Gasteiger partial charge in [0.05, 0.1) is 9.77 Å². The molecule has 0 fully saturated rings. The Morgan fingerprint density at radius 2 is 1.90 bits per heavy atom. The molecule has 3 nitrogen and oxygen atoms in total. The maximum atomic E-state index is 11.8. The molecule has 6 heteroatoms. The van der Waals surface area contributed by atoms with Crippen LogP contribution in [0.4, 0.5) is 0 Å². The predicted molar refractivity (Wildman–Crippen MR) is 88.2 cm³/mol. The maximum Gasteiger partial charge on any atom is 0.175 e. The standard InChI is InChI=1S/C15H16O3S3/c1-21(17,18)13-8-6-12(7-9-13)19-10-2-4-14(16)15-5-3-11-20-15/h3,5-9,11H,2,4,10H2,1H3. The Labute approximate surface area is 133 Å². The molecule has 21 heavy (non-hydrogen) atoms. The molecular weight excluding hydrogens is 324 g/mol. The SMILES string of the molecule is CS(=O)(=O)c1ccc(SCCCC(=O)c2cccs2)cc1. The van der Waals surface area contributed by atoms with E-state index in [1.165, 1.54) is 17.6 Å². The van der Waals surface area contributed by atoms with Crippen molar-refractivity contribution in [1.82, 2.24) is 0 Å². The van der Waals surface area contributed by atoms with Crippen LogP contribution in [0.5, 0.6) is 0 Å². The average molecular weight is 340 g/mol. The van der Waals surface area contributed by atoms with E-state index in [-0.39, 0.29) is 5.78 Å². The molecule has 2 aromatic rings. The number of sulfone groups is 1. The van der Waals surface area contributed by atoms with Crippen LogP contribution in [-0.2, 0) is 9.84 Å². The van der Waals surface area contributed by atoms with E-state index in [1.807, 2.05) is 29.6 Å². The highest BCUT2D eigenvalue weighted by molar-refractivity contribution is 7.99. The maximum absolute atomic E-state index is 11.8. The first-order valence-electron chi connectivity index (χ1n) is 6.46. The number of rotatable bonds is 7. The van der Waals surface area contributed by atoms with Gasteiger partial charge in [0.1, 0.15) is 0 Å². The molecule has 1 heterocycles. The lowest BCUT2D eigenvalue weighted by atomic mass is 10.2. The highest BCUT2D eigenvalue weighted by atomic mass is 32.2. The van der Waals surface area contributed by atoms with Crippen molar-refractivity contribution in [2.24, 2.45) is 0 Å². The largest absolute Gasteiger partial charge is 0.293 e. The zero-order valence-electron chi connectivity index (χ0n) is 11.6. The van der Waals surface area contributed by atoms with Crippen molar-refractivity contribution < 1.29 is 13.2 Å². The van der Waals surface area contributed by atoms with Crippen LogP contribution in [0.25, 0.3) is 0 Å². The van der Waals surface area contributed by atoms with E-state index in [1.54, 1.807) is 23.9 Å². The van der Waals surface area contributed by atoms with Gasteiger partial charge in [-0.2, -0.15) is 0 Å². The highest BCUT2D eigenvalue weighted by Gasteiger charge is 2.08. The summed E-state index contributed by atoms with van der Waals surface area (Å²) in [5.41, 5.74) is 0. The number of thioether (sulfide) groups is 1. The van der Waals surface area contributed by atoms with Crippen LogP contribution in [0.3, 0.4) is 0 Å². The molecule has 1 aromatic carbocycles. The molecule has 0 unspecified atom stereocenters. The molecular formula is C15H16O3S3. The number of hydrogen-bond donors (Lipinski definition) is 0. The van der Waals surface area contributed by atoms with Crippen molar-refractivity contribution in [3.05, 3.63) is 46.7 Å². The molecule has 0 N–H and O–H groups in total. The van der Waals surface area contributed by atoms with Gasteiger partial charge < -0.3 is 0 Å². The fourth-order valence-electron chi connectivity index (χ4n) is 1.77. The van der Waals surface area contributed by atoms with Gasteiger partial charge in [0.25, 0.3) is 0 Å². The molecule has 0 amide bonds. The molecule has 0 saturated heterocycles. The molecule has 0 atom stereocenters. The summed E-state index contributed by atoms with van der Waals surface area (Å²) in [5, 5.41) is 1.91. The number of ketones is 1. The summed E-state index contributed by atoms with van der Waals surface area (Å²) in [5.74, 6) is 1.04. The van der Waals surface area contributed by atoms with Crippen molar-refractivity contribution >= 4 is 38.7 Å². The summed E-state index contributed by atoms with van der Waals surface area (Å²) >= 11 is 3.11. The van der Waals surface area contributed by atoms with Crippen LogP contribution in [0.2, 0.25) is 0 Å². The van der Waals surface area contributed by atoms with Crippen molar-refractivity contribution in [2.75, 3.05) is 12.0 Å². The number of carbonyl (C=O) groups excluding carboxylic acids is 1. The minimum atomic E-state index is -3.13. The highest BCUT2D eigenvalue weighted by Crippen LogP contribution is 2.22. The first-order chi connectivity index (χ1) is 9.97. The summed E-state index contributed by atoms with van der Waals surface area (Å²) in [6.07, 6.45) is 2.56. The molecule has 1 aromatic heterocycles. The second-order valence-corrected chi connectivity index (χ2v) is 8.73. The fourth-order valence-corrected chi connectivity index (χ4v) is 3.94. The van der Waals surface area contributed by atoms with Crippen LogP contribution < -0.4 is 0 Å². The Morgan fingerprint density at radius 3 is 2.48 bits per heavy atom. The first-order valence-corrected chi connectivity index (χ1v) is 10.2. The monoisotopic (exact) mass is 340 g/mol. The van der Waals surface area contributed by atoms with Gasteiger partial charge in [-0.25, -0.2) is 8.42 Å². The molecule has 0 bridgehead atoms. The van der Waals surface area contributed by atoms with E-state index in [0.29, 0.717) is 11.3 Å². The lowest BCUT2D eigenvalue weighted by Crippen LogP contribution is -1.97. The van der Waals surface area contributed by atoms with Crippen molar-refractivity contribution in [3.63, 3.8) is 0 Å². The second-order valence-electron chi connectivity index (χ2n) is 4.60. The van der Waals surface area contributed by atoms with Gasteiger partial charge in [0.15, 0.2) is 15.6 Å². The van der Waals surface area contributed by atoms with Gasteiger partial charge in [0.2, 0.25) is 0 Å². The van der Waals surface area contributed by atoms with Gasteiger partial charge in [-0.1, -0.05) is 6.07 Å². The average Bonchev–Trinajstić information content (AvgIpc) is 2.97. The molecule has 0 spiro atoms. The quantitative estimate of drug-likeness (QED) is 0.436. The zero-order chi connectivity index (χ0) is 15.3. The van der Waals surface area contributed by atoms with Gasteiger partial charge >= 0.3 is 0 Å². The summed E-state index contributed by atoms with van der Waals surface area (Å²) in [4.78, 5) is 14.0. The number of thiophene rings is 1.